The number of anilines is 4. The van der Waals surface area contributed by atoms with Gasteiger partial charge in [-0.05, 0) is 61.3 Å². The summed E-state index contributed by atoms with van der Waals surface area (Å²) in [5.74, 6) is -0.0148. The third-order valence-corrected chi connectivity index (χ3v) is 8.36. The zero-order chi connectivity index (χ0) is 28.1. The zero-order valence-corrected chi connectivity index (χ0v) is 22.6. The van der Waals surface area contributed by atoms with Gasteiger partial charge in [-0.2, -0.15) is 20.1 Å². The van der Waals surface area contributed by atoms with Crippen molar-refractivity contribution in [2.45, 2.75) is 63.5 Å². The summed E-state index contributed by atoms with van der Waals surface area (Å²) in [7, 11) is 0. The van der Waals surface area contributed by atoms with Gasteiger partial charge in [0, 0.05) is 23.9 Å². The second-order valence-electron chi connectivity index (χ2n) is 11.1. The summed E-state index contributed by atoms with van der Waals surface area (Å²) in [6.07, 6.45) is 11.0. The molecule has 11 heteroatoms. The fourth-order valence-corrected chi connectivity index (χ4v) is 6.15. The Morgan fingerprint density at radius 2 is 1.93 bits per heavy atom. The first-order valence-electron chi connectivity index (χ1n) is 14.2. The number of aliphatic hydroxyl groups excluding tert-OH is 1. The number of carbonyl (C=O) groups excluding carboxylic acids is 1. The first-order chi connectivity index (χ1) is 20.0. The first kappa shape index (κ1) is 25.6. The number of nitrogens with two attached hydrogens (primary N) is 1. The Morgan fingerprint density at radius 1 is 1.10 bits per heavy atom. The van der Waals surface area contributed by atoms with Gasteiger partial charge in [0.15, 0.2) is 5.82 Å². The standard InChI is InChI=1S/C30H31FN8O2/c31-24-13-19(17-8-9-17)12-18-10-11-38(28(41)26(18)24)25-7-3-6-22(23(25)16-40)27-35-29(32)37-30(36-27)34-20-14-33-39(15-20)21-4-1-2-5-21/h3,6-7,12-15,17,21,40H,1-2,4-5,8-11,16H2,(H3,32,34,35,36,37). The van der Waals surface area contributed by atoms with E-state index in [1.54, 1.807) is 24.4 Å². The molecule has 7 rings (SSSR count). The molecule has 0 radical (unpaired) electrons. The molecule has 2 aromatic carbocycles. The maximum absolute atomic E-state index is 15.2. The van der Waals surface area contributed by atoms with Crippen molar-refractivity contribution in [3.05, 3.63) is 70.8 Å². The number of carbonyl (C=O) groups is 1. The molecule has 3 aliphatic rings. The molecule has 0 bridgehead atoms. The van der Waals surface area contributed by atoms with Crippen molar-refractivity contribution in [2.24, 2.45) is 0 Å². The summed E-state index contributed by atoms with van der Waals surface area (Å²) in [6, 6.07) is 9.15. The van der Waals surface area contributed by atoms with Gasteiger partial charge in [0.25, 0.3) is 5.91 Å². The molecule has 10 nitrogen and oxygen atoms in total. The van der Waals surface area contributed by atoms with Crippen molar-refractivity contribution >= 4 is 29.2 Å². The predicted molar refractivity (Wildman–Crippen MR) is 152 cm³/mol. The van der Waals surface area contributed by atoms with E-state index >= 15 is 4.39 Å². The summed E-state index contributed by atoms with van der Waals surface area (Å²) in [6.45, 7) is -0.0132. The minimum atomic E-state index is -0.488. The zero-order valence-electron chi connectivity index (χ0n) is 22.6. The maximum Gasteiger partial charge on any atom is 0.261 e. The highest BCUT2D eigenvalue weighted by atomic mass is 19.1. The molecule has 4 N–H and O–H groups in total. The van der Waals surface area contributed by atoms with Gasteiger partial charge < -0.3 is 21.1 Å². The normalized spacial score (nSPS) is 17.2. The van der Waals surface area contributed by atoms with Crippen LogP contribution in [0.4, 0.5) is 27.7 Å². The average molecular weight is 555 g/mol. The number of amides is 1. The van der Waals surface area contributed by atoms with Gasteiger partial charge >= 0.3 is 0 Å². The van der Waals surface area contributed by atoms with Crippen LogP contribution in [0.15, 0.2) is 42.7 Å². The number of fused-ring (bicyclic) bond motifs is 1. The van der Waals surface area contributed by atoms with Crippen LogP contribution in [0, 0.1) is 5.82 Å². The minimum absolute atomic E-state index is 0.00601. The monoisotopic (exact) mass is 554 g/mol. The van der Waals surface area contributed by atoms with E-state index in [4.69, 9.17) is 5.73 Å². The summed E-state index contributed by atoms with van der Waals surface area (Å²) in [5.41, 5.74) is 10.1. The van der Waals surface area contributed by atoms with Gasteiger partial charge in [0.2, 0.25) is 11.9 Å². The van der Waals surface area contributed by atoms with Gasteiger partial charge in [0.1, 0.15) is 5.82 Å². The number of nitrogens with one attached hydrogen (secondary N) is 1. The second kappa shape index (κ2) is 10.2. The van der Waals surface area contributed by atoms with Gasteiger partial charge in [-0.1, -0.05) is 31.0 Å². The lowest BCUT2D eigenvalue weighted by Gasteiger charge is -2.31. The molecule has 1 amide bonds. The smallest absolute Gasteiger partial charge is 0.261 e. The lowest BCUT2D eigenvalue weighted by atomic mass is 9.93. The fourth-order valence-electron chi connectivity index (χ4n) is 6.15. The third kappa shape index (κ3) is 4.80. The highest BCUT2D eigenvalue weighted by molar-refractivity contribution is 6.09. The molecule has 2 fully saturated rings. The van der Waals surface area contributed by atoms with Crippen LogP contribution >= 0.6 is 0 Å². The van der Waals surface area contributed by atoms with E-state index in [-0.39, 0.29) is 29.9 Å². The SMILES string of the molecule is Nc1nc(Nc2cnn(C3CCCC3)c2)nc(-c2cccc(N3CCc4cc(C5CC5)cc(F)c4C3=O)c2CO)n1. The molecule has 0 spiro atoms. The molecular weight excluding hydrogens is 523 g/mol. The van der Waals surface area contributed by atoms with E-state index in [0.29, 0.717) is 41.7 Å². The Hall–Kier alpha value is -4.38. The summed E-state index contributed by atoms with van der Waals surface area (Å²) >= 11 is 0. The number of halogens is 1. The largest absolute Gasteiger partial charge is 0.392 e. The number of nitrogens with zero attached hydrogens (tertiary/aromatic N) is 6. The summed E-state index contributed by atoms with van der Waals surface area (Å²) in [5, 5.41) is 18.1. The van der Waals surface area contributed by atoms with Crippen molar-refractivity contribution in [3.8, 4) is 11.4 Å². The molecule has 2 aliphatic carbocycles. The number of benzene rings is 2. The van der Waals surface area contributed by atoms with E-state index < -0.39 is 11.7 Å². The Balaban J connectivity index is 1.19. The molecule has 0 unspecified atom stereocenters. The number of aliphatic hydroxyl groups is 1. The van der Waals surface area contributed by atoms with Gasteiger partial charge in [-0.15, -0.1) is 0 Å². The van der Waals surface area contributed by atoms with Crippen LogP contribution in [0.3, 0.4) is 0 Å². The molecular formula is C30H31FN8O2. The van der Waals surface area contributed by atoms with E-state index in [1.165, 1.54) is 23.8 Å². The van der Waals surface area contributed by atoms with E-state index in [9.17, 15) is 9.90 Å². The van der Waals surface area contributed by atoms with E-state index in [1.807, 2.05) is 16.9 Å². The van der Waals surface area contributed by atoms with Gasteiger partial charge in [0.05, 0.1) is 35.8 Å². The third-order valence-electron chi connectivity index (χ3n) is 8.36. The Morgan fingerprint density at radius 3 is 2.71 bits per heavy atom. The minimum Gasteiger partial charge on any atom is -0.392 e. The van der Waals surface area contributed by atoms with Crippen molar-refractivity contribution < 1.29 is 14.3 Å². The van der Waals surface area contributed by atoms with Crippen molar-refractivity contribution in [2.75, 3.05) is 22.5 Å². The lowest BCUT2D eigenvalue weighted by molar-refractivity contribution is 0.0976. The first-order valence-corrected chi connectivity index (χ1v) is 14.2. The van der Waals surface area contributed by atoms with Crippen molar-refractivity contribution in [1.29, 1.82) is 0 Å². The molecule has 210 valence electrons. The topological polar surface area (TPSA) is 135 Å². The number of hydrogen-bond acceptors (Lipinski definition) is 8. The molecule has 2 aromatic heterocycles. The molecule has 4 aromatic rings. The number of hydrogen-bond donors (Lipinski definition) is 3. The van der Waals surface area contributed by atoms with Crippen LogP contribution in [0.25, 0.3) is 11.4 Å². The summed E-state index contributed by atoms with van der Waals surface area (Å²) in [4.78, 5) is 28.3. The molecule has 2 saturated carbocycles. The lowest BCUT2D eigenvalue weighted by Crippen LogP contribution is -2.39. The van der Waals surface area contributed by atoms with Crippen molar-refractivity contribution in [1.82, 2.24) is 24.7 Å². The quantitative estimate of drug-likeness (QED) is 0.294. The number of aromatic nitrogens is 5. The molecule has 0 saturated heterocycles. The predicted octanol–water partition coefficient (Wildman–Crippen LogP) is 4.89. The van der Waals surface area contributed by atoms with Crippen LogP contribution in [-0.2, 0) is 13.0 Å². The highest BCUT2D eigenvalue weighted by Gasteiger charge is 2.33. The van der Waals surface area contributed by atoms with Gasteiger partial charge in [-0.25, -0.2) is 4.39 Å². The number of rotatable bonds is 7. The average Bonchev–Trinajstić information content (AvgIpc) is 3.47. The van der Waals surface area contributed by atoms with Crippen LogP contribution in [-0.4, -0.2) is 42.3 Å². The summed E-state index contributed by atoms with van der Waals surface area (Å²) < 4.78 is 17.2. The molecule has 1 aliphatic heterocycles. The van der Waals surface area contributed by atoms with Crippen LogP contribution in [0.2, 0.25) is 0 Å². The molecule has 41 heavy (non-hydrogen) atoms. The Kier molecular flexibility index (Phi) is 6.38. The van der Waals surface area contributed by atoms with Gasteiger partial charge in [-0.3, -0.25) is 9.48 Å². The van der Waals surface area contributed by atoms with Crippen LogP contribution in [0.1, 0.15) is 77.5 Å². The van der Waals surface area contributed by atoms with E-state index in [2.05, 4.69) is 25.4 Å². The van der Waals surface area contributed by atoms with Crippen LogP contribution in [0.5, 0.6) is 0 Å². The fraction of sp³-hybridized carbons (Fsp3) is 0.367. The maximum atomic E-state index is 15.2. The Labute approximate surface area is 236 Å². The number of nitrogen functional groups attached to an aromatic ring is 1. The molecule has 3 heterocycles. The van der Waals surface area contributed by atoms with Crippen molar-refractivity contribution in [3.63, 3.8) is 0 Å². The van der Waals surface area contributed by atoms with E-state index in [0.717, 1.165) is 42.5 Å². The van der Waals surface area contributed by atoms with Crippen LogP contribution < -0.4 is 16.0 Å². The highest BCUT2D eigenvalue weighted by Crippen LogP contribution is 2.42. The second-order valence-corrected chi connectivity index (χ2v) is 11.1. The molecule has 0 atom stereocenters. The Bertz CT molecular complexity index is 1640.